The van der Waals surface area contributed by atoms with Gasteiger partial charge in [-0.3, -0.25) is 14.3 Å². The lowest BCUT2D eigenvalue weighted by Gasteiger charge is -2.39. The van der Waals surface area contributed by atoms with E-state index < -0.39 is 5.97 Å². The lowest BCUT2D eigenvalue weighted by atomic mass is 9.79. The Morgan fingerprint density at radius 3 is 2.72 bits per heavy atom. The van der Waals surface area contributed by atoms with Gasteiger partial charge in [-0.25, -0.2) is 0 Å². The summed E-state index contributed by atoms with van der Waals surface area (Å²) in [7, 11) is 1.72. The van der Waals surface area contributed by atoms with E-state index in [2.05, 4.69) is 5.10 Å². The first-order chi connectivity index (χ1) is 8.47. The van der Waals surface area contributed by atoms with Crippen LogP contribution in [0.3, 0.4) is 0 Å². The summed E-state index contributed by atoms with van der Waals surface area (Å²) >= 11 is 0. The van der Waals surface area contributed by atoms with Gasteiger partial charge in [0.25, 0.3) is 0 Å². The summed E-state index contributed by atoms with van der Waals surface area (Å²) in [5.41, 5.74) is 1.01. The number of amides is 1. The molecule has 0 bridgehead atoms. The molecule has 1 N–H and O–H groups in total. The van der Waals surface area contributed by atoms with Crippen LogP contribution in [0.15, 0.2) is 12.4 Å². The molecule has 1 aromatic rings. The Labute approximate surface area is 105 Å². The standard InChI is InChI=1S/C12H17N3O3/c1-8-5-13-15(6-8)7-11(16)14(2)10-3-9(4-10)12(17)18/h5-6,9-10H,3-4,7H2,1-2H3,(H,17,18). The third-order valence-corrected chi connectivity index (χ3v) is 3.46. The number of hydrogen-bond acceptors (Lipinski definition) is 3. The highest BCUT2D eigenvalue weighted by atomic mass is 16.4. The average molecular weight is 251 g/mol. The number of hydrogen-bond donors (Lipinski definition) is 1. The van der Waals surface area contributed by atoms with Gasteiger partial charge in [0.15, 0.2) is 0 Å². The largest absolute Gasteiger partial charge is 0.481 e. The van der Waals surface area contributed by atoms with Crippen molar-refractivity contribution in [3.63, 3.8) is 0 Å². The molecule has 6 heteroatoms. The molecule has 0 spiro atoms. The number of carbonyl (C=O) groups excluding carboxylic acids is 1. The van der Waals surface area contributed by atoms with Gasteiger partial charge in [0.05, 0.1) is 12.1 Å². The molecule has 0 atom stereocenters. The van der Waals surface area contributed by atoms with Crippen molar-refractivity contribution in [3.05, 3.63) is 18.0 Å². The number of carboxylic acid groups (broad SMARTS) is 1. The Kier molecular flexibility index (Phi) is 3.36. The Balaban J connectivity index is 1.85. The maximum Gasteiger partial charge on any atom is 0.306 e. The highest BCUT2D eigenvalue weighted by Gasteiger charge is 2.38. The summed E-state index contributed by atoms with van der Waals surface area (Å²) in [5.74, 6) is -1.10. The Morgan fingerprint density at radius 2 is 2.22 bits per heavy atom. The summed E-state index contributed by atoms with van der Waals surface area (Å²) in [5, 5.41) is 12.9. The number of aryl methyl sites for hydroxylation is 1. The van der Waals surface area contributed by atoms with Crippen LogP contribution < -0.4 is 0 Å². The number of aromatic nitrogens is 2. The zero-order chi connectivity index (χ0) is 13.3. The van der Waals surface area contributed by atoms with Crippen molar-refractivity contribution in [1.29, 1.82) is 0 Å². The fourth-order valence-corrected chi connectivity index (χ4v) is 2.11. The van der Waals surface area contributed by atoms with Crippen LogP contribution in [0.1, 0.15) is 18.4 Å². The van der Waals surface area contributed by atoms with Crippen molar-refractivity contribution < 1.29 is 14.7 Å². The topological polar surface area (TPSA) is 75.4 Å². The summed E-state index contributed by atoms with van der Waals surface area (Å²) < 4.78 is 1.60. The van der Waals surface area contributed by atoms with Gasteiger partial charge in [0, 0.05) is 19.3 Å². The third kappa shape index (κ3) is 2.52. The van der Waals surface area contributed by atoms with Gasteiger partial charge in [-0.15, -0.1) is 0 Å². The molecule has 1 heterocycles. The second kappa shape index (κ2) is 4.80. The lowest BCUT2D eigenvalue weighted by molar-refractivity contribution is -0.150. The molecule has 1 aliphatic rings. The highest BCUT2D eigenvalue weighted by molar-refractivity contribution is 5.77. The van der Waals surface area contributed by atoms with E-state index in [9.17, 15) is 9.59 Å². The second-order valence-electron chi connectivity index (χ2n) is 4.88. The Hall–Kier alpha value is -1.85. The fourth-order valence-electron chi connectivity index (χ4n) is 2.11. The number of carbonyl (C=O) groups is 2. The summed E-state index contributed by atoms with van der Waals surface area (Å²) in [4.78, 5) is 24.3. The van der Waals surface area contributed by atoms with Crippen LogP contribution in [0.4, 0.5) is 0 Å². The predicted octanol–water partition coefficient (Wildman–Crippen LogP) is 0.513. The van der Waals surface area contributed by atoms with Crippen molar-refractivity contribution in [1.82, 2.24) is 14.7 Å². The molecule has 1 saturated carbocycles. The number of likely N-dealkylation sites (N-methyl/N-ethyl adjacent to an activating group) is 1. The Bertz CT molecular complexity index is 463. The van der Waals surface area contributed by atoms with Crippen LogP contribution >= 0.6 is 0 Å². The highest BCUT2D eigenvalue weighted by Crippen LogP contribution is 2.31. The van der Waals surface area contributed by atoms with Crippen LogP contribution in [0.2, 0.25) is 0 Å². The molecule has 1 amide bonds. The lowest BCUT2D eigenvalue weighted by Crippen LogP contribution is -2.48. The summed E-state index contributed by atoms with van der Waals surface area (Å²) in [6, 6.07) is 0.0512. The Morgan fingerprint density at radius 1 is 1.56 bits per heavy atom. The van der Waals surface area contributed by atoms with Gasteiger partial charge in [-0.1, -0.05) is 0 Å². The molecule has 98 valence electrons. The first-order valence-corrected chi connectivity index (χ1v) is 5.95. The zero-order valence-corrected chi connectivity index (χ0v) is 10.5. The maximum absolute atomic E-state index is 12.0. The van der Waals surface area contributed by atoms with Gasteiger partial charge < -0.3 is 10.0 Å². The smallest absolute Gasteiger partial charge is 0.306 e. The molecule has 18 heavy (non-hydrogen) atoms. The molecule has 0 aromatic carbocycles. The van der Waals surface area contributed by atoms with E-state index in [4.69, 9.17) is 5.11 Å². The molecule has 1 aliphatic carbocycles. The molecule has 2 rings (SSSR count). The molecule has 0 aliphatic heterocycles. The first kappa shape index (κ1) is 12.6. The van der Waals surface area contributed by atoms with Crippen molar-refractivity contribution in [2.45, 2.75) is 32.4 Å². The van der Waals surface area contributed by atoms with E-state index in [0.29, 0.717) is 12.8 Å². The van der Waals surface area contributed by atoms with Gasteiger partial charge >= 0.3 is 5.97 Å². The normalized spacial score (nSPS) is 22.3. The minimum atomic E-state index is -0.769. The predicted molar refractivity (Wildman–Crippen MR) is 63.9 cm³/mol. The maximum atomic E-state index is 12.0. The minimum absolute atomic E-state index is 0.0352. The summed E-state index contributed by atoms with van der Waals surface area (Å²) in [6.45, 7) is 2.12. The third-order valence-electron chi connectivity index (χ3n) is 3.46. The molecule has 0 unspecified atom stereocenters. The molecule has 1 aromatic heterocycles. The van der Waals surface area contributed by atoms with E-state index in [0.717, 1.165) is 5.56 Å². The molecule has 0 saturated heterocycles. The van der Waals surface area contributed by atoms with Crippen LogP contribution in [-0.2, 0) is 16.1 Å². The quantitative estimate of drug-likeness (QED) is 0.846. The average Bonchev–Trinajstić information content (AvgIpc) is 2.60. The minimum Gasteiger partial charge on any atom is -0.481 e. The molecular weight excluding hydrogens is 234 g/mol. The van der Waals surface area contributed by atoms with E-state index in [-0.39, 0.29) is 24.4 Å². The van der Waals surface area contributed by atoms with E-state index in [1.54, 1.807) is 22.8 Å². The molecule has 1 fully saturated rings. The van der Waals surface area contributed by atoms with Crippen LogP contribution in [-0.4, -0.2) is 44.8 Å². The zero-order valence-electron chi connectivity index (χ0n) is 10.5. The van der Waals surface area contributed by atoms with Crippen LogP contribution in [0, 0.1) is 12.8 Å². The van der Waals surface area contributed by atoms with Crippen molar-refractivity contribution in [2.24, 2.45) is 5.92 Å². The fraction of sp³-hybridized carbons (Fsp3) is 0.583. The summed E-state index contributed by atoms with van der Waals surface area (Å²) in [6.07, 6.45) is 4.62. The van der Waals surface area contributed by atoms with Crippen LogP contribution in [0.25, 0.3) is 0 Å². The van der Waals surface area contributed by atoms with Crippen molar-refractivity contribution in [3.8, 4) is 0 Å². The monoisotopic (exact) mass is 251 g/mol. The van der Waals surface area contributed by atoms with Crippen LogP contribution in [0.5, 0.6) is 0 Å². The van der Waals surface area contributed by atoms with Crippen molar-refractivity contribution >= 4 is 11.9 Å². The van der Waals surface area contributed by atoms with E-state index >= 15 is 0 Å². The number of carboxylic acids is 1. The van der Waals surface area contributed by atoms with Gasteiger partial charge in [-0.2, -0.15) is 5.10 Å². The van der Waals surface area contributed by atoms with Gasteiger partial charge in [-0.05, 0) is 25.3 Å². The SMILES string of the molecule is Cc1cnn(CC(=O)N(C)C2CC(C(=O)O)C2)c1. The molecule has 0 radical (unpaired) electrons. The number of aliphatic carboxylic acids is 1. The van der Waals surface area contributed by atoms with E-state index in [1.165, 1.54) is 0 Å². The number of rotatable bonds is 4. The van der Waals surface area contributed by atoms with Gasteiger partial charge in [0.1, 0.15) is 6.54 Å². The van der Waals surface area contributed by atoms with Gasteiger partial charge in [0.2, 0.25) is 5.91 Å². The number of nitrogens with zero attached hydrogens (tertiary/aromatic N) is 3. The van der Waals surface area contributed by atoms with Crippen molar-refractivity contribution in [2.75, 3.05) is 7.05 Å². The second-order valence-corrected chi connectivity index (χ2v) is 4.88. The first-order valence-electron chi connectivity index (χ1n) is 5.95. The molecule has 6 nitrogen and oxygen atoms in total. The van der Waals surface area contributed by atoms with E-state index in [1.807, 2.05) is 13.1 Å². The molecular formula is C12H17N3O3.